The van der Waals surface area contributed by atoms with Crippen molar-refractivity contribution in [2.45, 2.75) is 70.6 Å². The van der Waals surface area contributed by atoms with Crippen LogP contribution in [0.15, 0.2) is 51.2 Å². The normalized spacial score (nSPS) is 24.8. The number of benzene rings is 2. The van der Waals surface area contributed by atoms with Gasteiger partial charge in [0.25, 0.3) is 0 Å². The van der Waals surface area contributed by atoms with Crippen LogP contribution in [0.2, 0.25) is 0 Å². The minimum absolute atomic E-state index is 0.564. The highest BCUT2D eigenvalue weighted by atomic mass is 32.2. The SMILES string of the molecule is CC.CC1CC(C)CN(Sc2ccc3c(c2)c(=NCCCN(C)C)c2cc(S(=O)N4CC(C)CC(C)C4)ccc2n3C)C1. The molecule has 3 aromatic rings. The van der Waals surface area contributed by atoms with Crippen molar-refractivity contribution in [2.75, 3.05) is 53.4 Å². The Hall–Kier alpha value is -1.71. The smallest absolute Gasteiger partial charge is 0.127 e. The van der Waals surface area contributed by atoms with E-state index in [1.807, 2.05) is 25.8 Å². The van der Waals surface area contributed by atoms with Crippen LogP contribution in [0.4, 0.5) is 0 Å². The zero-order chi connectivity index (χ0) is 31.3. The molecular formula is C35H55N5OS2. The van der Waals surface area contributed by atoms with Gasteiger partial charge >= 0.3 is 0 Å². The molecule has 8 heteroatoms. The fourth-order valence-electron chi connectivity index (χ4n) is 6.90. The third-order valence-corrected chi connectivity index (χ3v) is 11.0. The van der Waals surface area contributed by atoms with Crippen molar-refractivity contribution >= 4 is 44.7 Å². The molecule has 0 spiro atoms. The molecule has 238 valence electrons. The van der Waals surface area contributed by atoms with Crippen molar-refractivity contribution in [3.05, 3.63) is 41.8 Å². The van der Waals surface area contributed by atoms with Gasteiger partial charge in [0.1, 0.15) is 11.0 Å². The van der Waals surface area contributed by atoms with E-state index in [-0.39, 0.29) is 0 Å². The van der Waals surface area contributed by atoms with Crippen LogP contribution >= 0.6 is 11.9 Å². The maximum Gasteiger partial charge on any atom is 0.127 e. The van der Waals surface area contributed by atoms with Crippen LogP contribution in [0.3, 0.4) is 0 Å². The number of aryl methyl sites for hydroxylation is 1. The predicted molar refractivity (Wildman–Crippen MR) is 187 cm³/mol. The molecule has 2 aromatic carbocycles. The third kappa shape index (κ3) is 8.51. The summed E-state index contributed by atoms with van der Waals surface area (Å²) >= 11 is 1.89. The van der Waals surface area contributed by atoms with Gasteiger partial charge in [-0.05, 0) is 112 Å². The van der Waals surface area contributed by atoms with Gasteiger partial charge in [0.2, 0.25) is 0 Å². The van der Waals surface area contributed by atoms with Gasteiger partial charge in [-0.2, -0.15) is 0 Å². The Labute approximate surface area is 267 Å². The second kappa shape index (κ2) is 15.5. The summed E-state index contributed by atoms with van der Waals surface area (Å²) in [6.07, 6.45) is 3.52. The van der Waals surface area contributed by atoms with Crippen LogP contribution in [0, 0.1) is 23.7 Å². The molecular weight excluding hydrogens is 571 g/mol. The van der Waals surface area contributed by atoms with Crippen molar-refractivity contribution < 1.29 is 4.21 Å². The van der Waals surface area contributed by atoms with Gasteiger partial charge in [0.05, 0.1) is 21.3 Å². The highest BCUT2D eigenvalue weighted by Crippen LogP contribution is 2.33. The lowest BCUT2D eigenvalue weighted by atomic mass is 9.94. The summed E-state index contributed by atoms with van der Waals surface area (Å²) in [4.78, 5) is 9.61. The molecule has 0 bridgehead atoms. The van der Waals surface area contributed by atoms with Gasteiger partial charge in [0.15, 0.2) is 0 Å². The predicted octanol–water partition coefficient (Wildman–Crippen LogP) is 7.20. The summed E-state index contributed by atoms with van der Waals surface area (Å²) in [6.45, 7) is 19.1. The number of fused-ring (bicyclic) bond motifs is 2. The molecule has 0 N–H and O–H groups in total. The molecule has 0 saturated carbocycles. The summed E-state index contributed by atoms with van der Waals surface area (Å²) < 4.78 is 20.8. The Morgan fingerprint density at radius 1 is 0.860 bits per heavy atom. The summed E-state index contributed by atoms with van der Waals surface area (Å²) in [5.74, 6) is 2.57. The topological polar surface area (TPSA) is 44.1 Å². The Bertz CT molecular complexity index is 1450. The van der Waals surface area contributed by atoms with E-state index in [1.165, 1.54) is 28.6 Å². The molecule has 5 atom stereocenters. The first-order chi connectivity index (χ1) is 20.6. The Balaban J connectivity index is 0.00000207. The van der Waals surface area contributed by atoms with Gasteiger partial charge in [0, 0.05) is 55.4 Å². The van der Waals surface area contributed by atoms with Gasteiger partial charge in [-0.1, -0.05) is 41.5 Å². The van der Waals surface area contributed by atoms with Gasteiger partial charge in [-0.15, -0.1) is 0 Å². The number of hydrogen-bond donors (Lipinski definition) is 0. The van der Waals surface area contributed by atoms with Gasteiger partial charge in [-0.25, -0.2) is 12.8 Å². The lowest BCUT2D eigenvalue weighted by Gasteiger charge is -2.34. The largest absolute Gasteiger partial charge is 0.344 e. The van der Waals surface area contributed by atoms with E-state index in [2.05, 4.69) is 103 Å². The average molecular weight is 626 g/mol. The number of piperidine rings is 2. The van der Waals surface area contributed by atoms with Crippen LogP contribution in [0.1, 0.15) is 60.8 Å². The Kier molecular flexibility index (Phi) is 12.3. The van der Waals surface area contributed by atoms with Crippen molar-refractivity contribution in [1.82, 2.24) is 18.1 Å². The summed E-state index contributed by atoms with van der Waals surface area (Å²) in [6, 6.07) is 13.2. The molecule has 6 nitrogen and oxygen atoms in total. The maximum absolute atomic E-state index is 13.8. The first-order valence-electron chi connectivity index (χ1n) is 16.4. The number of nitrogens with zero attached hydrogens (tertiary/aromatic N) is 5. The van der Waals surface area contributed by atoms with Crippen LogP contribution in [0.25, 0.3) is 21.8 Å². The lowest BCUT2D eigenvalue weighted by Crippen LogP contribution is -2.39. The first-order valence-corrected chi connectivity index (χ1v) is 18.3. The molecule has 2 aliphatic heterocycles. The minimum atomic E-state index is -1.18. The number of aromatic nitrogens is 1. The maximum atomic E-state index is 13.8. The van der Waals surface area contributed by atoms with E-state index >= 15 is 0 Å². The molecule has 0 aliphatic carbocycles. The number of pyridine rings is 1. The zero-order valence-electron chi connectivity index (χ0n) is 28.1. The molecule has 2 aliphatic rings. The third-order valence-electron chi connectivity index (χ3n) is 8.54. The Morgan fingerprint density at radius 3 is 2.02 bits per heavy atom. The lowest BCUT2D eigenvalue weighted by molar-refractivity contribution is 0.230. The molecule has 5 unspecified atom stereocenters. The quantitative estimate of drug-likeness (QED) is 0.151. The average Bonchev–Trinajstić information content (AvgIpc) is 2.96. The fraction of sp³-hybridized carbons (Fsp3) is 0.629. The second-order valence-corrected chi connectivity index (χ2v) is 15.9. The molecule has 2 saturated heterocycles. The van der Waals surface area contributed by atoms with Crippen molar-refractivity contribution in [3.63, 3.8) is 0 Å². The molecule has 0 radical (unpaired) electrons. The van der Waals surface area contributed by atoms with Crippen molar-refractivity contribution in [1.29, 1.82) is 0 Å². The molecule has 5 rings (SSSR count). The van der Waals surface area contributed by atoms with Crippen LogP contribution in [0.5, 0.6) is 0 Å². The molecule has 0 amide bonds. The second-order valence-electron chi connectivity index (χ2n) is 13.2. The summed E-state index contributed by atoms with van der Waals surface area (Å²) in [5.41, 5.74) is 2.31. The molecule has 43 heavy (non-hydrogen) atoms. The number of rotatable bonds is 8. The van der Waals surface area contributed by atoms with Crippen LogP contribution in [-0.4, -0.2) is 75.7 Å². The highest BCUT2D eigenvalue weighted by Gasteiger charge is 2.27. The van der Waals surface area contributed by atoms with E-state index in [0.717, 1.165) is 78.7 Å². The minimum Gasteiger partial charge on any atom is -0.344 e. The van der Waals surface area contributed by atoms with E-state index in [0.29, 0.717) is 11.8 Å². The van der Waals surface area contributed by atoms with E-state index in [9.17, 15) is 4.21 Å². The van der Waals surface area contributed by atoms with E-state index in [4.69, 9.17) is 4.99 Å². The van der Waals surface area contributed by atoms with Crippen LogP contribution in [-0.2, 0) is 18.0 Å². The molecule has 3 heterocycles. The molecule has 1 aromatic heterocycles. The zero-order valence-corrected chi connectivity index (χ0v) is 29.7. The highest BCUT2D eigenvalue weighted by molar-refractivity contribution is 7.97. The number of hydrogen-bond acceptors (Lipinski definition) is 5. The first kappa shape index (κ1) is 34.2. The van der Waals surface area contributed by atoms with Crippen molar-refractivity contribution in [3.8, 4) is 0 Å². The fourth-order valence-corrected chi connectivity index (χ4v) is 9.64. The molecule has 2 fully saturated rings. The van der Waals surface area contributed by atoms with E-state index in [1.54, 1.807) is 0 Å². The monoisotopic (exact) mass is 625 g/mol. The van der Waals surface area contributed by atoms with E-state index < -0.39 is 11.0 Å². The van der Waals surface area contributed by atoms with Crippen LogP contribution < -0.4 is 5.36 Å². The Morgan fingerprint density at radius 2 is 1.42 bits per heavy atom. The summed E-state index contributed by atoms with van der Waals surface area (Å²) in [5, 5.41) is 3.31. The van der Waals surface area contributed by atoms with Crippen molar-refractivity contribution in [2.24, 2.45) is 35.7 Å². The van der Waals surface area contributed by atoms with Gasteiger partial charge in [-0.3, -0.25) is 4.99 Å². The summed E-state index contributed by atoms with van der Waals surface area (Å²) in [7, 11) is 5.19. The van der Waals surface area contributed by atoms with Gasteiger partial charge < -0.3 is 9.47 Å². The standard InChI is InChI=1S/C33H49N5OS2.C2H6/c1-23-15-24(2)20-37(19-23)40-27-9-11-31-29(17-27)33(34-13-8-14-35(5)6)30-18-28(10-12-32(30)36(31)7)41(39)38-21-25(3)16-26(4)22-38;1-2/h9-12,17-18,23-26H,8,13-16,19-22H2,1-7H3;1-2H3.